The third-order valence-corrected chi connectivity index (χ3v) is 1.68. The molecule has 0 saturated heterocycles. The second-order valence-electron chi connectivity index (χ2n) is 2.76. The molecule has 0 aliphatic carbocycles. The Bertz CT molecular complexity index is 373. The first kappa shape index (κ1) is 10.0. The Morgan fingerprint density at radius 2 is 2.07 bits per heavy atom. The number of hydrazone groups is 1. The maximum atomic E-state index is 10.4. The summed E-state index contributed by atoms with van der Waals surface area (Å²) < 4.78 is 0. The standard InChI is InChI=1S/C9H12N4O/c1-6(12-13-9(11)14)7-4-2-3-5-8(7)10/h2-5H,10H2,1H3,(H3,11,13,14). The summed E-state index contributed by atoms with van der Waals surface area (Å²) in [5.74, 6) is 0. The molecule has 74 valence electrons. The first-order valence-corrected chi connectivity index (χ1v) is 4.06. The van der Waals surface area contributed by atoms with E-state index in [1.165, 1.54) is 0 Å². The fourth-order valence-electron chi connectivity index (χ4n) is 1.03. The number of urea groups is 1. The summed E-state index contributed by atoms with van der Waals surface area (Å²) in [6.07, 6.45) is 0. The van der Waals surface area contributed by atoms with Crippen LogP contribution in [0.3, 0.4) is 0 Å². The number of amides is 2. The molecule has 0 bridgehead atoms. The fraction of sp³-hybridized carbons (Fsp3) is 0.111. The van der Waals surface area contributed by atoms with Crippen molar-refractivity contribution in [3.63, 3.8) is 0 Å². The van der Waals surface area contributed by atoms with Crippen molar-refractivity contribution < 1.29 is 4.79 Å². The Morgan fingerprint density at radius 1 is 1.43 bits per heavy atom. The summed E-state index contributed by atoms with van der Waals surface area (Å²) in [6, 6.07) is 6.55. The van der Waals surface area contributed by atoms with Crippen molar-refractivity contribution in [2.75, 3.05) is 5.73 Å². The van der Waals surface area contributed by atoms with Crippen molar-refractivity contribution in [2.24, 2.45) is 10.8 Å². The van der Waals surface area contributed by atoms with Crippen molar-refractivity contribution in [3.8, 4) is 0 Å². The Morgan fingerprint density at radius 3 is 2.64 bits per heavy atom. The van der Waals surface area contributed by atoms with E-state index in [1.807, 2.05) is 18.2 Å². The Labute approximate surface area is 81.8 Å². The van der Waals surface area contributed by atoms with E-state index in [0.29, 0.717) is 11.4 Å². The van der Waals surface area contributed by atoms with Gasteiger partial charge in [0.2, 0.25) is 0 Å². The molecule has 0 aromatic heterocycles. The third kappa shape index (κ3) is 2.48. The van der Waals surface area contributed by atoms with Crippen molar-refractivity contribution >= 4 is 17.4 Å². The molecule has 0 spiro atoms. The lowest BCUT2D eigenvalue weighted by Crippen LogP contribution is -2.25. The summed E-state index contributed by atoms with van der Waals surface area (Å²) in [7, 11) is 0. The van der Waals surface area contributed by atoms with Gasteiger partial charge in [-0.2, -0.15) is 5.10 Å². The van der Waals surface area contributed by atoms with E-state index in [1.54, 1.807) is 13.0 Å². The van der Waals surface area contributed by atoms with Crippen LogP contribution in [0.5, 0.6) is 0 Å². The van der Waals surface area contributed by atoms with Gasteiger partial charge in [-0.05, 0) is 13.0 Å². The van der Waals surface area contributed by atoms with E-state index in [2.05, 4.69) is 10.5 Å². The molecule has 2 amide bonds. The van der Waals surface area contributed by atoms with Crippen LogP contribution in [0.2, 0.25) is 0 Å². The highest BCUT2D eigenvalue weighted by molar-refractivity contribution is 6.03. The summed E-state index contributed by atoms with van der Waals surface area (Å²) in [5, 5.41) is 3.77. The number of anilines is 1. The van der Waals surface area contributed by atoms with Crippen LogP contribution in [0.1, 0.15) is 12.5 Å². The zero-order valence-corrected chi connectivity index (χ0v) is 7.82. The zero-order valence-electron chi connectivity index (χ0n) is 7.82. The molecule has 1 aromatic rings. The molecule has 5 nitrogen and oxygen atoms in total. The smallest absolute Gasteiger partial charge is 0.332 e. The van der Waals surface area contributed by atoms with Crippen LogP contribution < -0.4 is 16.9 Å². The maximum absolute atomic E-state index is 10.4. The molecule has 0 saturated carbocycles. The van der Waals surface area contributed by atoms with Crippen LogP contribution in [0.15, 0.2) is 29.4 Å². The quantitative estimate of drug-likeness (QED) is 0.365. The predicted octanol–water partition coefficient (Wildman–Crippen LogP) is 0.661. The van der Waals surface area contributed by atoms with Crippen LogP contribution in [-0.2, 0) is 0 Å². The van der Waals surface area contributed by atoms with Crippen molar-refractivity contribution in [2.45, 2.75) is 6.92 Å². The highest BCUT2D eigenvalue weighted by atomic mass is 16.2. The van der Waals surface area contributed by atoms with Gasteiger partial charge in [0.15, 0.2) is 0 Å². The van der Waals surface area contributed by atoms with Gasteiger partial charge in [-0.3, -0.25) is 0 Å². The number of carbonyl (C=O) groups excluding carboxylic acids is 1. The molecule has 5 heteroatoms. The number of para-hydroxylation sites is 1. The maximum Gasteiger partial charge on any atom is 0.332 e. The monoisotopic (exact) mass is 192 g/mol. The van der Waals surface area contributed by atoms with Gasteiger partial charge >= 0.3 is 6.03 Å². The number of nitrogens with zero attached hydrogens (tertiary/aromatic N) is 1. The first-order valence-electron chi connectivity index (χ1n) is 4.06. The van der Waals surface area contributed by atoms with Gasteiger partial charge in [0.05, 0.1) is 5.71 Å². The summed E-state index contributed by atoms with van der Waals surface area (Å²) >= 11 is 0. The second kappa shape index (κ2) is 4.27. The summed E-state index contributed by atoms with van der Waals surface area (Å²) in [4.78, 5) is 10.4. The lowest BCUT2D eigenvalue weighted by Gasteiger charge is -2.03. The zero-order chi connectivity index (χ0) is 10.6. The van der Waals surface area contributed by atoms with Crippen LogP contribution in [0.4, 0.5) is 10.5 Å². The van der Waals surface area contributed by atoms with Crippen molar-refractivity contribution in [3.05, 3.63) is 29.8 Å². The molecule has 0 aliphatic heterocycles. The number of primary amides is 1. The van der Waals surface area contributed by atoms with Gasteiger partial charge < -0.3 is 11.5 Å². The Balaban J connectivity index is 2.89. The van der Waals surface area contributed by atoms with Crippen LogP contribution >= 0.6 is 0 Å². The molecule has 0 aliphatic rings. The number of nitrogens with two attached hydrogens (primary N) is 2. The lowest BCUT2D eigenvalue weighted by atomic mass is 10.1. The molecule has 1 rings (SSSR count). The lowest BCUT2D eigenvalue weighted by molar-refractivity contribution is 0.249. The molecule has 1 aromatic carbocycles. The number of benzene rings is 1. The third-order valence-electron chi connectivity index (χ3n) is 1.68. The largest absolute Gasteiger partial charge is 0.398 e. The molecule has 14 heavy (non-hydrogen) atoms. The molecule has 5 N–H and O–H groups in total. The number of hydrogen-bond donors (Lipinski definition) is 3. The van der Waals surface area contributed by atoms with Crippen LogP contribution in [0, 0.1) is 0 Å². The van der Waals surface area contributed by atoms with E-state index in [9.17, 15) is 4.79 Å². The minimum absolute atomic E-state index is 0.611. The van der Waals surface area contributed by atoms with Gasteiger partial charge in [-0.1, -0.05) is 18.2 Å². The van der Waals surface area contributed by atoms with Gasteiger partial charge in [-0.25, -0.2) is 10.2 Å². The molecular formula is C9H12N4O. The van der Waals surface area contributed by atoms with Crippen molar-refractivity contribution in [1.29, 1.82) is 0 Å². The Hall–Kier alpha value is -2.04. The highest BCUT2D eigenvalue weighted by Crippen LogP contribution is 2.10. The SMILES string of the molecule is CC(=NNC(N)=O)c1ccccc1N. The van der Waals surface area contributed by atoms with E-state index in [4.69, 9.17) is 11.5 Å². The minimum atomic E-state index is -0.696. The van der Waals surface area contributed by atoms with E-state index in [-0.39, 0.29) is 0 Å². The fourth-order valence-corrected chi connectivity index (χ4v) is 1.03. The first-order chi connectivity index (χ1) is 6.61. The van der Waals surface area contributed by atoms with Crippen molar-refractivity contribution in [1.82, 2.24) is 5.43 Å². The molecule has 0 atom stereocenters. The minimum Gasteiger partial charge on any atom is -0.398 e. The van der Waals surface area contributed by atoms with Gasteiger partial charge in [-0.15, -0.1) is 0 Å². The number of nitrogens with one attached hydrogen (secondary N) is 1. The van der Waals surface area contributed by atoms with Gasteiger partial charge in [0.1, 0.15) is 0 Å². The predicted molar refractivity (Wildman–Crippen MR) is 55.8 cm³/mol. The molecule has 0 fully saturated rings. The number of hydrogen-bond acceptors (Lipinski definition) is 3. The summed E-state index contributed by atoms with van der Waals surface area (Å²) in [6.45, 7) is 1.74. The average molecular weight is 192 g/mol. The van der Waals surface area contributed by atoms with Crippen LogP contribution in [-0.4, -0.2) is 11.7 Å². The topological polar surface area (TPSA) is 93.5 Å². The molecule has 0 radical (unpaired) electrons. The summed E-state index contributed by atoms with van der Waals surface area (Å²) in [5.41, 5.74) is 14.7. The second-order valence-corrected chi connectivity index (χ2v) is 2.76. The number of nitrogen functional groups attached to an aromatic ring is 1. The van der Waals surface area contributed by atoms with Gasteiger partial charge in [0, 0.05) is 11.3 Å². The number of carbonyl (C=O) groups is 1. The Kier molecular flexibility index (Phi) is 3.06. The molecule has 0 heterocycles. The van der Waals surface area contributed by atoms with E-state index < -0.39 is 6.03 Å². The normalized spacial score (nSPS) is 11.1. The molecule has 0 unspecified atom stereocenters. The average Bonchev–Trinajstić information content (AvgIpc) is 2.15. The van der Waals surface area contributed by atoms with E-state index >= 15 is 0 Å². The highest BCUT2D eigenvalue weighted by Gasteiger charge is 2.01. The molecular weight excluding hydrogens is 180 g/mol. The van der Waals surface area contributed by atoms with Crippen LogP contribution in [0.25, 0.3) is 0 Å². The van der Waals surface area contributed by atoms with Gasteiger partial charge in [0.25, 0.3) is 0 Å². The number of rotatable bonds is 2. The van der Waals surface area contributed by atoms with E-state index in [0.717, 1.165) is 5.56 Å².